The monoisotopic (exact) mass is 296 g/mol. The quantitative estimate of drug-likeness (QED) is 0.460. The van der Waals surface area contributed by atoms with Gasteiger partial charge in [0, 0.05) is 12.4 Å². The lowest BCUT2D eigenvalue weighted by atomic mass is 10.1. The normalized spacial score (nSPS) is 29.1. The summed E-state index contributed by atoms with van der Waals surface area (Å²) in [6, 6.07) is 0. The number of aromatic amines is 1. The number of aromatic nitrogens is 4. The van der Waals surface area contributed by atoms with Crippen molar-refractivity contribution in [1.29, 1.82) is 0 Å². The maximum Gasteiger partial charge on any atom is 0.295 e. The molecule has 1 fully saturated rings. The summed E-state index contributed by atoms with van der Waals surface area (Å²) in [7, 11) is 0. The Balaban J connectivity index is 2.16. The van der Waals surface area contributed by atoms with Gasteiger partial charge in [0.25, 0.3) is 11.1 Å². The van der Waals surface area contributed by atoms with Crippen LogP contribution in [0, 0.1) is 0 Å². The summed E-state index contributed by atoms with van der Waals surface area (Å²) >= 11 is 0. The fourth-order valence-electron chi connectivity index (χ4n) is 2.26. The molecule has 2 aromatic heterocycles. The minimum absolute atomic E-state index is 0.134. The Hall–Kier alpha value is -2.14. The highest BCUT2D eigenvalue weighted by molar-refractivity contribution is 5.70. The molecule has 3 rings (SSSR count). The van der Waals surface area contributed by atoms with Crippen molar-refractivity contribution in [2.75, 3.05) is 6.61 Å². The zero-order chi connectivity index (χ0) is 15.1. The standard InChI is InChI=1S/C11H12N4O6/c16-3-4-7(17)8(18)11(21-4)15-10(20)6-5(9(19)14-15)12-1-2-13-6/h1-2,4,7-8,11,16-18H,3H2,(H,14,19)/t4-,7-,8-,11-/m1/s1. The highest BCUT2D eigenvalue weighted by Gasteiger charge is 2.44. The Kier molecular flexibility index (Phi) is 3.29. The van der Waals surface area contributed by atoms with Crippen LogP contribution in [-0.2, 0) is 4.74 Å². The van der Waals surface area contributed by atoms with E-state index in [-0.39, 0.29) is 11.0 Å². The summed E-state index contributed by atoms with van der Waals surface area (Å²) in [5.74, 6) is 0. The zero-order valence-corrected chi connectivity index (χ0v) is 10.6. The third kappa shape index (κ3) is 2.05. The summed E-state index contributed by atoms with van der Waals surface area (Å²) < 4.78 is 5.94. The van der Waals surface area contributed by atoms with Crippen molar-refractivity contribution in [2.45, 2.75) is 24.5 Å². The average Bonchev–Trinajstić information content (AvgIpc) is 2.79. The van der Waals surface area contributed by atoms with Crippen LogP contribution in [0.3, 0.4) is 0 Å². The van der Waals surface area contributed by atoms with Crippen LogP contribution in [0.1, 0.15) is 6.23 Å². The third-order valence-corrected chi connectivity index (χ3v) is 3.33. The Morgan fingerprint density at radius 2 is 1.86 bits per heavy atom. The molecule has 0 saturated carbocycles. The van der Waals surface area contributed by atoms with E-state index in [0.717, 1.165) is 4.68 Å². The van der Waals surface area contributed by atoms with Gasteiger partial charge in [-0.25, -0.2) is 14.6 Å². The van der Waals surface area contributed by atoms with E-state index in [1.807, 2.05) is 0 Å². The number of H-pyrrole nitrogens is 1. The number of fused-ring (bicyclic) bond motifs is 1. The number of nitrogens with one attached hydrogen (secondary N) is 1. The van der Waals surface area contributed by atoms with E-state index >= 15 is 0 Å². The van der Waals surface area contributed by atoms with Crippen LogP contribution in [0.15, 0.2) is 22.0 Å². The van der Waals surface area contributed by atoms with Gasteiger partial charge in [-0.1, -0.05) is 0 Å². The van der Waals surface area contributed by atoms with E-state index < -0.39 is 42.3 Å². The zero-order valence-electron chi connectivity index (χ0n) is 10.6. The summed E-state index contributed by atoms with van der Waals surface area (Å²) in [6.07, 6.45) is -2.72. The highest BCUT2D eigenvalue weighted by atomic mass is 16.6. The summed E-state index contributed by atoms with van der Waals surface area (Å²) in [5.41, 5.74) is -1.73. The molecular weight excluding hydrogens is 284 g/mol. The molecule has 0 spiro atoms. The number of hydrogen-bond donors (Lipinski definition) is 4. The van der Waals surface area contributed by atoms with Crippen LogP contribution < -0.4 is 11.1 Å². The maximum absolute atomic E-state index is 12.3. The van der Waals surface area contributed by atoms with E-state index in [1.165, 1.54) is 12.4 Å². The van der Waals surface area contributed by atoms with Gasteiger partial charge in [-0.15, -0.1) is 0 Å². The summed E-state index contributed by atoms with van der Waals surface area (Å²) in [6.45, 7) is -0.541. The lowest BCUT2D eigenvalue weighted by molar-refractivity contribution is -0.0610. The topological polar surface area (TPSA) is 151 Å². The van der Waals surface area contributed by atoms with Crippen molar-refractivity contribution in [1.82, 2.24) is 19.7 Å². The Morgan fingerprint density at radius 3 is 2.48 bits per heavy atom. The van der Waals surface area contributed by atoms with Crippen LogP contribution in [0.2, 0.25) is 0 Å². The molecule has 1 aliphatic rings. The second-order valence-electron chi connectivity index (χ2n) is 4.60. The van der Waals surface area contributed by atoms with Crippen LogP contribution in [0.4, 0.5) is 0 Å². The van der Waals surface area contributed by atoms with Gasteiger partial charge in [-0.3, -0.25) is 14.7 Å². The Bertz CT molecular complexity index is 786. The smallest absolute Gasteiger partial charge is 0.295 e. The predicted octanol–water partition coefficient (Wildman–Crippen LogP) is -2.91. The van der Waals surface area contributed by atoms with Crippen molar-refractivity contribution in [3.05, 3.63) is 33.1 Å². The predicted molar refractivity (Wildman–Crippen MR) is 67.4 cm³/mol. The van der Waals surface area contributed by atoms with Crippen molar-refractivity contribution in [2.24, 2.45) is 0 Å². The van der Waals surface area contributed by atoms with Gasteiger partial charge in [-0.05, 0) is 0 Å². The summed E-state index contributed by atoms with van der Waals surface area (Å²) in [4.78, 5) is 31.7. The van der Waals surface area contributed by atoms with E-state index in [0.29, 0.717) is 0 Å². The van der Waals surface area contributed by atoms with Crippen LogP contribution >= 0.6 is 0 Å². The molecule has 4 N–H and O–H groups in total. The number of nitrogens with zero attached hydrogens (tertiary/aromatic N) is 3. The van der Waals surface area contributed by atoms with Crippen molar-refractivity contribution < 1.29 is 20.1 Å². The number of ether oxygens (including phenoxy) is 1. The second kappa shape index (κ2) is 5.00. The first-order valence-electron chi connectivity index (χ1n) is 6.12. The number of aliphatic hydroxyl groups is 3. The first-order valence-corrected chi connectivity index (χ1v) is 6.12. The molecule has 0 radical (unpaired) electrons. The average molecular weight is 296 g/mol. The minimum atomic E-state index is -1.48. The Labute approximate surface area is 116 Å². The summed E-state index contributed by atoms with van der Waals surface area (Å²) in [5, 5.41) is 30.8. The molecule has 1 aliphatic heterocycles. The van der Waals surface area contributed by atoms with Gasteiger partial charge in [0.05, 0.1) is 6.61 Å². The van der Waals surface area contributed by atoms with Crippen LogP contribution in [0.25, 0.3) is 11.0 Å². The molecule has 21 heavy (non-hydrogen) atoms. The number of rotatable bonds is 2. The molecule has 4 atom stereocenters. The molecule has 0 aromatic carbocycles. The SMILES string of the molecule is O=c1[nH]n([C@@H]2O[C@H](CO)[C@@H](O)[C@H]2O)c(=O)c2nccnc12. The van der Waals surface area contributed by atoms with Gasteiger partial charge in [0.15, 0.2) is 17.3 Å². The third-order valence-electron chi connectivity index (χ3n) is 3.33. The molecule has 10 heteroatoms. The van der Waals surface area contributed by atoms with Crippen LogP contribution in [-0.4, -0.2) is 60.0 Å². The second-order valence-corrected chi connectivity index (χ2v) is 4.60. The van der Waals surface area contributed by atoms with Crippen molar-refractivity contribution >= 4 is 11.0 Å². The van der Waals surface area contributed by atoms with E-state index in [4.69, 9.17) is 9.84 Å². The highest BCUT2D eigenvalue weighted by Crippen LogP contribution is 2.27. The van der Waals surface area contributed by atoms with Gasteiger partial charge < -0.3 is 20.1 Å². The van der Waals surface area contributed by atoms with Gasteiger partial charge in [-0.2, -0.15) is 0 Å². The Morgan fingerprint density at radius 1 is 1.19 bits per heavy atom. The van der Waals surface area contributed by atoms with E-state index in [2.05, 4.69) is 15.1 Å². The lowest BCUT2D eigenvalue weighted by Gasteiger charge is -2.17. The molecule has 1 saturated heterocycles. The molecule has 0 bridgehead atoms. The van der Waals surface area contributed by atoms with Crippen molar-refractivity contribution in [3.8, 4) is 0 Å². The molecule has 0 amide bonds. The van der Waals surface area contributed by atoms with Gasteiger partial charge >= 0.3 is 0 Å². The molecule has 10 nitrogen and oxygen atoms in total. The first kappa shape index (κ1) is 13.8. The molecule has 3 heterocycles. The van der Waals surface area contributed by atoms with E-state index in [1.54, 1.807) is 0 Å². The number of hydrogen-bond acceptors (Lipinski definition) is 8. The number of aliphatic hydroxyl groups excluding tert-OH is 3. The molecular formula is C11H12N4O6. The van der Waals surface area contributed by atoms with E-state index in [9.17, 15) is 19.8 Å². The largest absolute Gasteiger partial charge is 0.394 e. The molecule has 0 unspecified atom stereocenters. The lowest BCUT2D eigenvalue weighted by Crippen LogP contribution is -2.39. The first-order chi connectivity index (χ1) is 10.0. The van der Waals surface area contributed by atoms with Crippen LogP contribution in [0.5, 0.6) is 0 Å². The molecule has 0 aliphatic carbocycles. The fraction of sp³-hybridized carbons (Fsp3) is 0.455. The maximum atomic E-state index is 12.3. The van der Waals surface area contributed by atoms with Gasteiger partial charge in [0.1, 0.15) is 18.3 Å². The fourth-order valence-corrected chi connectivity index (χ4v) is 2.26. The van der Waals surface area contributed by atoms with Crippen molar-refractivity contribution in [3.63, 3.8) is 0 Å². The molecule has 112 valence electrons. The minimum Gasteiger partial charge on any atom is -0.394 e. The molecule has 2 aromatic rings. The van der Waals surface area contributed by atoms with Gasteiger partial charge in [0.2, 0.25) is 0 Å².